The van der Waals surface area contributed by atoms with Crippen LogP contribution in [-0.4, -0.2) is 32.9 Å². The second kappa shape index (κ2) is 3.75. The highest BCUT2D eigenvalue weighted by atomic mass is 16.5. The number of hydrogen-bond donors (Lipinski definition) is 0. The first kappa shape index (κ1) is 9.59. The van der Waals surface area contributed by atoms with Gasteiger partial charge in [0.15, 0.2) is 5.76 Å². The van der Waals surface area contributed by atoms with E-state index in [1.165, 1.54) is 0 Å². The molecular formula is C11H14N4O. The van der Waals surface area contributed by atoms with Gasteiger partial charge in [-0.05, 0) is 13.0 Å². The molecule has 2 aromatic rings. The van der Waals surface area contributed by atoms with Crippen molar-refractivity contribution < 1.29 is 4.52 Å². The number of hydrogen-bond acceptors (Lipinski definition) is 4. The fraction of sp³-hybridized carbons (Fsp3) is 0.455. The van der Waals surface area contributed by atoms with Gasteiger partial charge in [0.2, 0.25) is 0 Å². The number of nitrogens with zero attached hydrogens (tertiary/aromatic N) is 4. The molecule has 0 N–H and O–H groups in total. The molecule has 0 saturated carbocycles. The third kappa shape index (κ3) is 1.74. The van der Waals surface area contributed by atoms with Gasteiger partial charge in [0.1, 0.15) is 0 Å². The van der Waals surface area contributed by atoms with Crippen LogP contribution in [0.1, 0.15) is 17.5 Å². The molecule has 5 nitrogen and oxygen atoms in total. The third-order valence-corrected chi connectivity index (χ3v) is 2.89. The van der Waals surface area contributed by atoms with E-state index in [4.69, 9.17) is 4.52 Å². The predicted molar refractivity (Wildman–Crippen MR) is 57.8 cm³/mol. The topological polar surface area (TPSA) is 47.1 Å². The first-order chi connectivity index (χ1) is 7.81. The van der Waals surface area contributed by atoms with Crippen LogP contribution in [0.15, 0.2) is 29.0 Å². The zero-order valence-corrected chi connectivity index (χ0v) is 9.21. The third-order valence-electron chi connectivity index (χ3n) is 2.89. The summed E-state index contributed by atoms with van der Waals surface area (Å²) >= 11 is 0. The molecule has 16 heavy (non-hydrogen) atoms. The lowest BCUT2D eigenvalue weighted by Crippen LogP contribution is -2.47. The first-order valence-electron chi connectivity index (χ1n) is 5.45. The van der Waals surface area contributed by atoms with Crippen molar-refractivity contribution in [3.8, 4) is 0 Å². The van der Waals surface area contributed by atoms with Gasteiger partial charge in [-0.15, -0.1) is 0 Å². The van der Waals surface area contributed by atoms with Gasteiger partial charge < -0.3 is 4.52 Å². The predicted octanol–water partition coefficient (Wildman–Crippen LogP) is 1.24. The van der Waals surface area contributed by atoms with Gasteiger partial charge in [-0.25, -0.2) is 0 Å². The Morgan fingerprint density at radius 3 is 3.00 bits per heavy atom. The lowest BCUT2D eigenvalue weighted by atomic mass is 10.1. The number of aryl methyl sites for hydroxylation is 1. The Bertz CT molecular complexity index is 456. The Morgan fingerprint density at radius 2 is 2.38 bits per heavy atom. The van der Waals surface area contributed by atoms with Crippen molar-refractivity contribution in [2.24, 2.45) is 0 Å². The molecule has 0 radical (unpaired) electrons. The summed E-state index contributed by atoms with van der Waals surface area (Å²) in [4.78, 5) is 2.33. The summed E-state index contributed by atoms with van der Waals surface area (Å²) in [6, 6.07) is 4.46. The highest BCUT2D eigenvalue weighted by Crippen LogP contribution is 2.22. The van der Waals surface area contributed by atoms with Gasteiger partial charge in [0.05, 0.1) is 18.3 Å². The van der Waals surface area contributed by atoms with Crippen LogP contribution in [0.5, 0.6) is 0 Å². The SMILES string of the molecule is Cc1cc(CN2CC(n3cccn3)C2)on1. The zero-order chi connectivity index (χ0) is 11.0. The van der Waals surface area contributed by atoms with E-state index in [-0.39, 0.29) is 0 Å². The van der Waals surface area contributed by atoms with E-state index in [2.05, 4.69) is 15.2 Å². The number of aromatic nitrogens is 3. The molecule has 0 aliphatic carbocycles. The van der Waals surface area contributed by atoms with Crippen molar-refractivity contribution in [2.75, 3.05) is 13.1 Å². The summed E-state index contributed by atoms with van der Waals surface area (Å²) in [5.74, 6) is 0.941. The summed E-state index contributed by atoms with van der Waals surface area (Å²) in [6.07, 6.45) is 3.84. The van der Waals surface area contributed by atoms with Crippen molar-refractivity contribution in [1.29, 1.82) is 0 Å². The fourth-order valence-electron chi connectivity index (χ4n) is 2.05. The molecule has 0 bridgehead atoms. The van der Waals surface area contributed by atoms with Gasteiger partial charge in [-0.2, -0.15) is 5.10 Å². The van der Waals surface area contributed by atoms with Gasteiger partial charge in [0, 0.05) is 31.5 Å². The summed E-state index contributed by atoms with van der Waals surface area (Å²) in [7, 11) is 0. The van der Waals surface area contributed by atoms with Gasteiger partial charge in [0.25, 0.3) is 0 Å². The molecule has 1 aliphatic heterocycles. The molecule has 1 aliphatic rings. The van der Waals surface area contributed by atoms with Crippen LogP contribution in [0.25, 0.3) is 0 Å². The summed E-state index contributed by atoms with van der Waals surface area (Å²) in [6.45, 7) is 4.84. The van der Waals surface area contributed by atoms with Crippen LogP contribution in [0.3, 0.4) is 0 Å². The molecule has 5 heteroatoms. The maximum absolute atomic E-state index is 5.18. The minimum Gasteiger partial charge on any atom is -0.360 e. The summed E-state index contributed by atoms with van der Waals surface area (Å²) in [5, 5.41) is 8.12. The molecule has 0 unspecified atom stereocenters. The first-order valence-corrected chi connectivity index (χ1v) is 5.45. The van der Waals surface area contributed by atoms with Crippen molar-refractivity contribution >= 4 is 0 Å². The average molecular weight is 218 g/mol. The maximum Gasteiger partial charge on any atom is 0.150 e. The van der Waals surface area contributed by atoms with E-state index in [9.17, 15) is 0 Å². The maximum atomic E-state index is 5.18. The standard InChI is InChI=1S/C11H14N4O/c1-9-5-11(16-13-9)8-14-6-10(7-14)15-4-2-3-12-15/h2-5,10H,6-8H2,1H3. The highest BCUT2D eigenvalue weighted by Gasteiger charge is 2.28. The number of rotatable bonds is 3. The van der Waals surface area contributed by atoms with E-state index in [0.717, 1.165) is 31.1 Å². The Balaban J connectivity index is 1.54. The van der Waals surface area contributed by atoms with E-state index >= 15 is 0 Å². The van der Waals surface area contributed by atoms with Gasteiger partial charge in [-0.1, -0.05) is 5.16 Å². The van der Waals surface area contributed by atoms with E-state index in [0.29, 0.717) is 6.04 Å². The van der Waals surface area contributed by atoms with E-state index in [1.807, 2.05) is 36.1 Å². The van der Waals surface area contributed by atoms with Crippen LogP contribution in [0.2, 0.25) is 0 Å². The highest BCUT2D eigenvalue weighted by molar-refractivity contribution is 5.04. The van der Waals surface area contributed by atoms with Crippen molar-refractivity contribution in [1.82, 2.24) is 19.8 Å². The Hall–Kier alpha value is -1.62. The lowest BCUT2D eigenvalue weighted by Gasteiger charge is -2.38. The molecule has 2 aromatic heterocycles. The summed E-state index contributed by atoms with van der Waals surface area (Å²) in [5.41, 5.74) is 0.944. The largest absolute Gasteiger partial charge is 0.360 e. The Morgan fingerprint density at radius 1 is 1.50 bits per heavy atom. The molecule has 0 aromatic carbocycles. The van der Waals surface area contributed by atoms with Crippen LogP contribution in [0.4, 0.5) is 0 Å². The summed E-state index contributed by atoms with van der Waals surface area (Å²) < 4.78 is 7.20. The van der Waals surface area contributed by atoms with Gasteiger partial charge >= 0.3 is 0 Å². The molecule has 3 heterocycles. The zero-order valence-electron chi connectivity index (χ0n) is 9.21. The normalized spacial score (nSPS) is 17.6. The van der Waals surface area contributed by atoms with Crippen molar-refractivity contribution in [2.45, 2.75) is 19.5 Å². The van der Waals surface area contributed by atoms with Gasteiger partial charge in [-0.3, -0.25) is 9.58 Å². The fourth-order valence-corrected chi connectivity index (χ4v) is 2.05. The number of likely N-dealkylation sites (tertiary alicyclic amines) is 1. The molecule has 84 valence electrons. The van der Waals surface area contributed by atoms with Crippen molar-refractivity contribution in [3.63, 3.8) is 0 Å². The molecule has 1 saturated heterocycles. The van der Waals surface area contributed by atoms with Crippen LogP contribution < -0.4 is 0 Å². The van der Waals surface area contributed by atoms with Crippen LogP contribution in [-0.2, 0) is 6.54 Å². The van der Waals surface area contributed by atoms with Crippen LogP contribution >= 0.6 is 0 Å². The minimum atomic E-state index is 0.513. The average Bonchev–Trinajstić information content (AvgIpc) is 2.82. The van der Waals surface area contributed by atoms with Crippen molar-refractivity contribution in [3.05, 3.63) is 36.0 Å². The molecule has 1 fully saturated rings. The molecule has 0 amide bonds. The smallest absolute Gasteiger partial charge is 0.150 e. The Kier molecular flexibility index (Phi) is 2.25. The molecular weight excluding hydrogens is 204 g/mol. The van der Waals surface area contributed by atoms with E-state index in [1.54, 1.807) is 0 Å². The second-order valence-electron chi connectivity index (χ2n) is 4.27. The molecule has 0 spiro atoms. The van der Waals surface area contributed by atoms with Crippen LogP contribution in [0, 0.1) is 6.92 Å². The molecule has 3 rings (SSSR count). The molecule has 0 atom stereocenters. The second-order valence-corrected chi connectivity index (χ2v) is 4.27. The monoisotopic (exact) mass is 218 g/mol. The lowest BCUT2D eigenvalue weighted by molar-refractivity contribution is 0.0809. The quantitative estimate of drug-likeness (QED) is 0.777. The Labute approximate surface area is 93.6 Å². The minimum absolute atomic E-state index is 0.513. The van der Waals surface area contributed by atoms with E-state index < -0.39 is 0 Å².